The van der Waals surface area contributed by atoms with Crippen LogP contribution in [-0.4, -0.2) is 64.6 Å². The zero-order valence-electron chi connectivity index (χ0n) is 14.3. The summed E-state index contributed by atoms with van der Waals surface area (Å²) in [6, 6.07) is 7.83. The Morgan fingerprint density at radius 3 is 2.22 bits per heavy atom. The lowest BCUT2D eigenvalue weighted by Crippen LogP contribution is -2.43. The van der Waals surface area contributed by atoms with Crippen LogP contribution in [0.4, 0.5) is 4.79 Å². The predicted molar refractivity (Wildman–Crippen MR) is 90.0 cm³/mol. The average Bonchev–Trinajstić information content (AvgIpc) is 2.56. The van der Waals surface area contributed by atoms with Crippen LogP contribution < -0.4 is 10.1 Å². The fourth-order valence-electron chi connectivity index (χ4n) is 1.92. The van der Waals surface area contributed by atoms with Crippen molar-refractivity contribution in [2.24, 2.45) is 0 Å². The van der Waals surface area contributed by atoms with Crippen molar-refractivity contribution in [3.8, 4) is 5.75 Å². The van der Waals surface area contributed by atoms with Crippen LogP contribution in [0.5, 0.6) is 5.75 Å². The molecule has 0 heterocycles. The van der Waals surface area contributed by atoms with Gasteiger partial charge in [-0.1, -0.05) is 17.7 Å². The number of rotatable bonds is 11. The third-order valence-electron chi connectivity index (χ3n) is 3.30. The number of nitrogens with one attached hydrogen (secondary N) is 1. The molecule has 0 bridgehead atoms. The summed E-state index contributed by atoms with van der Waals surface area (Å²) in [5.74, 6) is 0.851. The zero-order chi connectivity index (χ0) is 16.9. The summed E-state index contributed by atoms with van der Waals surface area (Å²) < 4.78 is 15.7. The Labute approximate surface area is 138 Å². The van der Waals surface area contributed by atoms with Crippen molar-refractivity contribution in [2.45, 2.75) is 13.3 Å². The third kappa shape index (κ3) is 8.42. The summed E-state index contributed by atoms with van der Waals surface area (Å²) >= 11 is 0. The quantitative estimate of drug-likeness (QED) is 0.633. The number of benzene rings is 1. The Balaban J connectivity index is 2.21. The van der Waals surface area contributed by atoms with E-state index >= 15 is 0 Å². The lowest BCUT2D eigenvalue weighted by molar-refractivity contribution is 0.122. The van der Waals surface area contributed by atoms with Gasteiger partial charge in [-0.15, -0.1) is 0 Å². The summed E-state index contributed by atoms with van der Waals surface area (Å²) in [6.07, 6.45) is 0.752. The smallest absolute Gasteiger partial charge is 0.317 e. The molecule has 0 atom stereocenters. The van der Waals surface area contributed by atoms with Gasteiger partial charge in [0.2, 0.25) is 0 Å². The molecule has 0 aliphatic carbocycles. The average molecular weight is 324 g/mol. The number of carbonyl (C=O) groups is 1. The van der Waals surface area contributed by atoms with Crippen LogP contribution in [-0.2, 0) is 9.47 Å². The lowest BCUT2D eigenvalue weighted by atomic mass is 10.2. The number of nitrogens with zero attached hydrogens (tertiary/aromatic N) is 1. The number of methoxy groups -OCH3 is 2. The van der Waals surface area contributed by atoms with E-state index in [1.165, 1.54) is 5.56 Å². The first-order chi connectivity index (χ1) is 11.2. The van der Waals surface area contributed by atoms with Gasteiger partial charge < -0.3 is 24.4 Å². The molecule has 23 heavy (non-hydrogen) atoms. The van der Waals surface area contributed by atoms with Crippen molar-refractivity contribution in [1.29, 1.82) is 0 Å². The predicted octanol–water partition coefficient (Wildman–Crippen LogP) is 2.07. The van der Waals surface area contributed by atoms with Gasteiger partial charge in [0, 0.05) is 33.9 Å². The molecule has 1 N–H and O–H groups in total. The molecule has 0 spiro atoms. The van der Waals surface area contributed by atoms with E-state index < -0.39 is 0 Å². The van der Waals surface area contributed by atoms with Gasteiger partial charge in [0.1, 0.15) is 5.75 Å². The minimum atomic E-state index is -0.102. The second-order valence-corrected chi connectivity index (χ2v) is 5.22. The topological polar surface area (TPSA) is 60.0 Å². The Bertz CT molecular complexity index is 429. The van der Waals surface area contributed by atoms with Crippen LogP contribution >= 0.6 is 0 Å². The zero-order valence-corrected chi connectivity index (χ0v) is 14.3. The number of urea groups is 1. The van der Waals surface area contributed by atoms with Gasteiger partial charge in [-0.05, 0) is 25.5 Å². The second kappa shape index (κ2) is 11.7. The summed E-state index contributed by atoms with van der Waals surface area (Å²) in [5, 5.41) is 2.89. The molecule has 0 saturated carbocycles. The number of amides is 2. The minimum absolute atomic E-state index is 0.102. The molecule has 2 amide bonds. The summed E-state index contributed by atoms with van der Waals surface area (Å²) in [4.78, 5) is 13.8. The van der Waals surface area contributed by atoms with Crippen LogP contribution in [0, 0.1) is 6.92 Å². The highest BCUT2D eigenvalue weighted by Crippen LogP contribution is 2.11. The van der Waals surface area contributed by atoms with E-state index in [9.17, 15) is 4.79 Å². The first-order valence-electron chi connectivity index (χ1n) is 7.87. The van der Waals surface area contributed by atoms with Gasteiger partial charge in [0.05, 0.1) is 19.8 Å². The molecule has 0 radical (unpaired) electrons. The molecular formula is C17H28N2O4. The Morgan fingerprint density at radius 2 is 1.65 bits per heavy atom. The largest absolute Gasteiger partial charge is 0.494 e. The number of aryl methyl sites for hydroxylation is 1. The van der Waals surface area contributed by atoms with E-state index in [1.807, 2.05) is 31.2 Å². The fourth-order valence-corrected chi connectivity index (χ4v) is 1.92. The number of carbonyl (C=O) groups excluding carboxylic acids is 1. The molecule has 0 aliphatic heterocycles. The van der Waals surface area contributed by atoms with Crippen molar-refractivity contribution in [3.63, 3.8) is 0 Å². The standard InChI is InChI=1S/C17H28N2O4/c1-15-5-7-16(8-6-15)23-12-4-9-18-17(20)19(10-13-21-2)11-14-22-3/h5-8H,4,9-14H2,1-3H3,(H,18,20). The maximum Gasteiger partial charge on any atom is 0.317 e. The van der Waals surface area contributed by atoms with Gasteiger partial charge in [-0.3, -0.25) is 0 Å². The molecule has 0 aliphatic rings. The molecule has 6 nitrogen and oxygen atoms in total. The summed E-state index contributed by atoms with van der Waals surface area (Å²) in [7, 11) is 3.24. The van der Waals surface area contributed by atoms with Crippen molar-refractivity contribution in [2.75, 3.05) is 53.7 Å². The number of hydrogen-bond donors (Lipinski definition) is 1. The molecular weight excluding hydrogens is 296 g/mol. The maximum absolute atomic E-state index is 12.1. The van der Waals surface area contributed by atoms with Crippen molar-refractivity contribution >= 4 is 6.03 Å². The van der Waals surface area contributed by atoms with E-state index in [-0.39, 0.29) is 6.03 Å². The maximum atomic E-state index is 12.1. The van der Waals surface area contributed by atoms with Gasteiger partial charge in [0.25, 0.3) is 0 Å². The first-order valence-corrected chi connectivity index (χ1v) is 7.87. The molecule has 130 valence electrons. The van der Waals surface area contributed by atoms with Gasteiger partial charge >= 0.3 is 6.03 Å². The molecule has 1 aromatic rings. The highest BCUT2D eigenvalue weighted by atomic mass is 16.5. The van der Waals surface area contributed by atoms with Gasteiger partial charge in [0.15, 0.2) is 0 Å². The van der Waals surface area contributed by atoms with Gasteiger partial charge in [-0.2, -0.15) is 0 Å². The minimum Gasteiger partial charge on any atom is -0.494 e. The molecule has 1 aromatic carbocycles. The molecule has 0 unspecified atom stereocenters. The van der Waals surface area contributed by atoms with Crippen LogP contribution in [0.25, 0.3) is 0 Å². The molecule has 6 heteroatoms. The van der Waals surface area contributed by atoms with E-state index in [1.54, 1.807) is 19.1 Å². The lowest BCUT2D eigenvalue weighted by Gasteiger charge is -2.22. The second-order valence-electron chi connectivity index (χ2n) is 5.22. The van der Waals surface area contributed by atoms with E-state index in [0.29, 0.717) is 39.5 Å². The van der Waals surface area contributed by atoms with E-state index in [4.69, 9.17) is 14.2 Å². The molecule has 1 rings (SSSR count). The monoisotopic (exact) mass is 324 g/mol. The fraction of sp³-hybridized carbons (Fsp3) is 0.588. The van der Waals surface area contributed by atoms with E-state index in [2.05, 4.69) is 5.32 Å². The van der Waals surface area contributed by atoms with Crippen LogP contribution in [0.3, 0.4) is 0 Å². The van der Waals surface area contributed by atoms with Crippen molar-refractivity contribution in [3.05, 3.63) is 29.8 Å². The Hall–Kier alpha value is -1.79. The van der Waals surface area contributed by atoms with Crippen molar-refractivity contribution in [1.82, 2.24) is 10.2 Å². The molecule has 0 saturated heterocycles. The summed E-state index contributed by atoms with van der Waals surface area (Å²) in [6.45, 7) is 5.29. The Kier molecular flexibility index (Phi) is 9.83. The number of ether oxygens (including phenoxy) is 3. The molecule has 0 fully saturated rings. The van der Waals surface area contributed by atoms with Gasteiger partial charge in [-0.25, -0.2) is 4.79 Å². The third-order valence-corrected chi connectivity index (χ3v) is 3.30. The number of hydrogen-bond acceptors (Lipinski definition) is 4. The Morgan fingerprint density at radius 1 is 1.04 bits per heavy atom. The van der Waals surface area contributed by atoms with E-state index in [0.717, 1.165) is 12.2 Å². The highest BCUT2D eigenvalue weighted by Gasteiger charge is 2.11. The first kappa shape index (κ1) is 19.3. The molecule has 0 aromatic heterocycles. The van der Waals surface area contributed by atoms with Crippen LogP contribution in [0.2, 0.25) is 0 Å². The SMILES string of the molecule is COCCN(CCOC)C(=O)NCCCOc1ccc(C)cc1. The summed E-state index contributed by atoms with van der Waals surface area (Å²) in [5.41, 5.74) is 1.21. The highest BCUT2D eigenvalue weighted by molar-refractivity contribution is 5.74. The van der Waals surface area contributed by atoms with Crippen LogP contribution in [0.15, 0.2) is 24.3 Å². The normalized spacial score (nSPS) is 10.4. The van der Waals surface area contributed by atoms with Crippen molar-refractivity contribution < 1.29 is 19.0 Å². The van der Waals surface area contributed by atoms with Crippen LogP contribution in [0.1, 0.15) is 12.0 Å².